The van der Waals surface area contributed by atoms with Gasteiger partial charge in [-0.25, -0.2) is 13.1 Å². The van der Waals surface area contributed by atoms with Crippen molar-refractivity contribution in [2.45, 2.75) is 50.0 Å². The zero-order chi connectivity index (χ0) is 22.9. The van der Waals surface area contributed by atoms with Gasteiger partial charge >= 0.3 is 0 Å². The molecule has 0 bridgehead atoms. The van der Waals surface area contributed by atoms with Gasteiger partial charge in [0.1, 0.15) is 16.5 Å². The number of nitrogens with one attached hydrogen (secondary N) is 2. The summed E-state index contributed by atoms with van der Waals surface area (Å²) in [6.07, 6.45) is 2.16. The molecule has 1 unspecified atom stereocenters. The molecule has 1 aromatic heterocycles. The van der Waals surface area contributed by atoms with Crippen molar-refractivity contribution in [1.82, 2.24) is 14.5 Å². The first-order valence-electron chi connectivity index (χ1n) is 10.6. The second-order valence-corrected chi connectivity index (χ2v) is 9.47. The maximum atomic E-state index is 13.1. The summed E-state index contributed by atoms with van der Waals surface area (Å²) in [7, 11) is -2.51. The third-order valence-electron chi connectivity index (χ3n) is 5.62. The van der Waals surface area contributed by atoms with E-state index in [1.54, 1.807) is 12.1 Å². The molecule has 172 valence electrons. The molecule has 0 radical (unpaired) electrons. The first-order chi connectivity index (χ1) is 15.3. The Morgan fingerprint density at radius 2 is 2.12 bits per heavy atom. The number of hydrogen-bond donors (Lipinski definition) is 2. The number of rotatable bonds is 7. The SMILES string of the molecule is CCc1nn2c(c1-c1ccc(OC)c(S(=O)(=O)NCC3CCCO3)c1)NC(=O)CCC2=O. The van der Waals surface area contributed by atoms with E-state index in [4.69, 9.17) is 9.47 Å². The highest BCUT2D eigenvalue weighted by atomic mass is 32.2. The van der Waals surface area contributed by atoms with E-state index >= 15 is 0 Å². The number of ether oxygens (including phenoxy) is 2. The van der Waals surface area contributed by atoms with Crippen LogP contribution < -0.4 is 14.8 Å². The van der Waals surface area contributed by atoms with Crippen molar-refractivity contribution in [2.75, 3.05) is 25.6 Å². The van der Waals surface area contributed by atoms with E-state index in [1.165, 1.54) is 17.9 Å². The quantitative estimate of drug-likeness (QED) is 0.643. The molecule has 0 spiro atoms. The van der Waals surface area contributed by atoms with Gasteiger partial charge in [0, 0.05) is 31.6 Å². The Bertz CT molecular complexity index is 1150. The molecule has 1 saturated heterocycles. The van der Waals surface area contributed by atoms with Crippen LogP contribution in [0.4, 0.5) is 5.82 Å². The Morgan fingerprint density at radius 3 is 2.81 bits per heavy atom. The van der Waals surface area contributed by atoms with Gasteiger partial charge in [0.25, 0.3) is 0 Å². The van der Waals surface area contributed by atoms with Crippen LogP contribution in [0.15, 0.2) is 23.1 Å². The molecule has 10 nitrogen and oxygen atoms in total. The van der Waals surface area contributed by atoms with Crippen LogP contribution >= 0.6 is 0 Å². The lowest BCUT2D eigenvalue weighted by atomic mass is 10.0. The number of nitrogens with zero attached hydrogens (tertiary/aromatic N) is 2. The molecule has 1 fully saturated rings. The predicted octanol–water partition coefficient (Wildman–Crippen LogP) is 1.95. The molecule has 32 heavy (non-hydrogen) atoms. The topological polar surface area (TPSA) is 129 Å². The van der Waals surface area contributed by atoms with Gasteiger partial charge in [0.2, 0.25) is 21.8 Å². The molecular formula is C21H26N4O6S. The van der Waals surface area contributed by atoms with Crippen LogP contribution in [-0.2, 0) is 26.0 Å². The van der Waals surface area contributed by atoms with E-state index < -0.39 is 10.0 Å². The molecule has 2 N–H and O–H groups in total. The molecule has 2 aliphatic rings. The van der Waals surface area contributed by atoms with E-state index in [0.29, 0.717) is 29.8 Å². The van der Waals surface area contributed by atoms with Crippen LogP contribution in [0.1, 0.15) is 43.1 Å². The number of aromatic nitrogens is 2. The normalized spacial score (nSPS) is 18.9. The molecule has 2 aromatic rings. The Balaban J connectivity index is 1.77. The summed E-state index contributed by atoms with van der Waals surface area (Å²) in [5, 5.41) is 7.14. The summed E-state index contributed by atoms with van der Waals surface area (Å²) in [6, 6.07) is 4.73. The summed E-state index contributed by atoms with van der Waals surface area (Å²) in [4.78, 5) is 24.6. The van der Waals surface area contributed by atoms with Crippen molar-refractivity contribution in [3.8, 4) is 16.9 Å². The summed E-state index contributed by atoms with van der Waals surface area (Å²) in [5.74, 6) is -0.139. The first-order valence-corrected chi connectivity index (χ1v) is 12.1. The maximum absolute atomic E-state index is 13.1. The Labute approximate surface area is 186 Å². The van der Waals surface area contributed by atoms with Gasteiger partial charge in [-0.15, -0.1) is 0 Å². The van der Waals surface area contributed by atoms with E-state index in [2.05, 4.69) is 15.1 Å². The van der Waals surface area contributed by atoms with Crippen molar-refractivity contribution < 1.29 is 27.5 Å². The number of anilines is 1. The highest BCUT2D eigenvalue weighted by Crippen LogP contribution is 2.37. The third-order valence-corrected chi connectivity index (χ3v) is 7.06. The number of hydrogen-bond acceptors (Lipinski definition) is 7. The summed E-state index contributed by atoms with van der Waals surface area (Å²) < 4.78 is 40.8. The minimum atomic E-state index is -3.91. The summed E-state index contributed by atoms with van der Waals surface area (Å²) >= 11 is 0. The number of carbonyl (C=O) groups excluding carboxylic acids is 2. The number of sulfonamides is 1. The summed E-state index contributed by atoms with van der Waals surface area (Å²) in [5.41, 5.74) is 1.61. The van der Waals surface area contributed by atoms with Gasteiger partial charge in [-0.2, -0.15) is 9.78 Å². The van der Waals surface area contributed by atoms with Gasteiger partial charge in [-0.1, -0.05) is 13.0 Å². The molecular weight excluding hydrogens is 436 g/mol. The molecule has 11 heteroatoms. The van der Waals surface area contributed by atoms with Crippen LogP contribution in [0.5, 0.6) is 5.75 Å². The van der Waals surface area contributed by atoms with E-state index in [0.717, 1.165) is 12.8 Å². The zero-order valence-corrected chi connectivity index (χ0v) is 18.8. The molecule has 1 amide bonds. The Hall–Kier alpha value is -2.76. The van der Waals surface area contributed by atoms with Crippen molar-refractivity contribution in [2.24, 2.45) is 0 Å². The van der Waals surface area contributed by atoms with Gasteiger partial charge in [-0.3, -0.25) is 9.59 Å². The molecule has 1 aromatic carbocycles. The highest BCUT2D eigenvalue weighted by molar-refractivity contribution is 7.89. The fraction of sp³-hybridized carbons (Fsp3) is 0.476. The zero-order valence-electron chi connectivity index (χ0n) is 18.0. The third kappa shape index (κ3) is 4.27. The van der Waals surface area contributed by atoms with Gasteiger partial charge in [0.05, 0.1) is 18.9 Å². The van der Waals surface area contributed by atoms with E-state index in [-0.39, 0.29) is 53.8 Å². The van der Waals surface area contributed by atoms with Crippen LogP contribution in [0.2, 0.25) is 0 Å². The maximum Gasteiger partial charge on any atom is 0.249 e. The van der Waals surface area contributed by atoms with Crippen LogP contribution in [0.3, 0.4) is 0 Å². The number of aryl methyl sites for hydroxylation is 1. The van der Waals surface area contributed by atoms with Gasteiger partial charge < -0.3 is 14.8 Å². The van der Waals surface area contributed by atoms with Crippen LogP contribution in [0, 0.1) is 0 Å². The van der Waals surface area contributed by atoms with Crippen molar-refractivity contribution in [1.29, 1.82) is 0 Å². The lowest BCUT2D eigenvalue weighted by Crippen LogP contribution is -2.32. The van der Waals surface area contributed by atoms with Gasteiger partial charge in [-0.05, 0) is 37.0 Å². The minimum Gasteiger partial charge on any atom is -0.495 e. The molecule has 2 aliphatic heterocycles. The Morgan fingerprint density at radius 1 is 1.31 bits per heavy atom. The average molecular weight is 463 g/mol. The molecule has 3 heterocycles. The van der Waals surface area contributed by atoms with E-state index in [1.807, 2.05) is 6.92 Å². The number of methoxy groups -OCH3 is 1. The van der Waals surface area contributed by atoms with Crippen molar-refractivity contribution >= 4 is 27.7 Å². The lowest BCUT2D eigenvalue weighted by molar-refractivity contribution is -0.116. The standard InChI is InChI=1S/C21H26N4O6S/c1-3-15-20(21-23-18(26)8-9-19(27)25(21)24-15)13-6-7-16(30-2)17(11-13)32(28,29)22-12-14-5-4-10-31-14/h6-7,11,14,22H,3-5,8-10,12H2,1-2H3,(H,23,26). The van der Waals surface area contributed by atoms with Crippen LogP contribution in [-0.4, -0.2) is 56.4 Å². The monoisotopic (exact) mass is 462 g/mol. The molecule has 0 saturated carbocycles. The van der Waals surface area contributed by atoms with Crippen molar-refractivity contribution in [3.05, 3.63) is 23.9 Å². The van der Waals surface area contributed by atoms with Crippen LogP contribution in [0.25, 0.3) is 11.1 Å². The lowest BCUT2D eigenvalue weighted by Gasteiger charge is -2.15. The first kappa shape index (κ1) is 22.4. The molecule has 4 rings (SSSR count). The second-order valence-electron chi connectivity index (χ2n) is 7.73. The molecule has 1 atom stereocenters. The largest absolute Gasteiger partial charge is 0.495 e. The van der Waals surface area contributed by atoms with Gasteiger partial charge in [0.15, 0.2) is 0 Å². The Kier molecular flexibility index (Phi) is 6.31. The fourth-order valence-corrected chi connectivity index (χ4v) is 5.22. The average Bonchev–Trinajstić information content (AvgIpc) is 3.41. The predicted molar refractivity (Wildman–Crippen MR) is 116 cm³/mol. The second kappa shape index (κ2) is 9.00. The smallest absolute Gasteiger partial charge is 0.249 e. The summed E-state index contributed by atoms with van der Waals surface area (Å²) in [6.45, 7) is 2.67. The number of carbonyl (C=O) groups is 2. The number of fused-ring (bicyclic) bond motifs is 1. The number of benzene rings is 1. The fourth-order valence-electron chi connectivity index (χ4n) is 3.96. The number of amides is 1. The molecule has 0 aliphatic carbocycles. The minimum absolute atomic E-state index is 0.0382. The highest BCUT2D eigenvalue weighted by Gasteiger charge is 2.29. The van der Waals surface area contributed by atoms with E-state index in [9.17, 15) is 18.0 Å². The van der Waals surface area contributed by atoms with Crippen molar-refractivity contribution in [3.63, 3.8) is 0 Å².